The van der Waals surface area contributed by atoms with E-state index in [-0.39, 0.29) is 11.7 Å². The van der Waals surface area contributed by atoms with Crippen LogP contribution in [-0.4, -0.2) is 61.9 Å². The number of hydrogen-bond acceptors (Lipinski definition) is 9. The summed E-state index contributed by atoms with van der Waals surface area (Å²) in [5.41, 5.74) is 1.27. The molecule has 1 aliphatic carbocycles. The normalized spacial score (nSPS) is 17.7. The lowest BCUT2D eigenvalue weighted by molar-refractivity contribution is -0.197. The summed E-state index contributed by atoms with van der Waals surface area (Å²) < 4.78 is 75.2. The van der Waals surface area contributed by atoms with Gasteiger partial charge in [-0.05, 0) is 74.2 Å². The fourth-order valence-electron chi connectivity index (χ4n) is 4.94. The van der Waals surface area contributed by atoms with Gasteiger partial charge in [0.1, 0.15) is 5.75 Å². The average Bonchev–Trinajstić information content (AvgIpc) is 3.39. The van der Waals surface area contributed by atoms with Crippen molar-refractivity contribution in [1.82, 2.24) is 15.2 Å². The van der Waals surface area contributed by atoms with E-state index in [1.807, 2.05) is 0 Å². The van der Waals surface area contributed by atoms with Crippen LogP contribution in [0.25, 0.3) is 11.1 Å². The van der Waals surface area contributed by atoms with E-state index in [9.17, 15) is 36.0 Å². The van der Waals surface area contributed by atoms with Crippen LogP contribution in [0.5, 0.6) is 5.75 Å². The summed E-state index contributed by atoms with van der Waals surface area (Å²) in [4.78, 5) is 40.9. The molecule has 41 heavy (non-hydrogen) atoms. The molecule has 1 amide bonds. The molecule has 15 heteroatoms. The van der Waals surface area contributed by atoms with Crippen LogP contribution in [0.1, 0.15) is 42.9 Å². The summed E-state index contributed by atoms with van der Waals surface area (Å²) >= 11 is 0. The van der Waals surface area contributed by atoms with Crippen molar-refractivity contribution in [2.24, 2.45) is 0 Å². The van der Waals surface area contributed by atoms with Crippen molar-refractivity contribution in [3.8, 4) is 5.75 Å². The lowest BCUT2D eigenvalue weighted by Gasteiger charge is -2.27. The number of rotatable bonds is 10. The minimum atomic E-state index is -5.35. The van der Waals surface area contributed by atoms with Crippen LogP contribution < -0.4 is 15.3 Å². The van der Waals surface area contributed by atoms with E-state index in [1.54, 1.807) is 24.3 Å². The molecule has 1 atom stereocenters. The zero-order valence-corrected chi connectivity index (χ0v) is 22.3. The van der Waals surface area contributed by atoms with Crippen LogP contribution in [0.3, 0.4) is 0 Å². The van der Waals surface area contributed by atoms with Crippen molar-refractivity contribution in [3.63, 3.8) is 0 Å². The molecule has 1 saturated carbocycles. The van der Waals surface area contributed by atoms with E-state index in [4.69, 9.17) is 8.60 Å². The number of halogens is 3. The Morgan fingerprint density at radius 1 is 1.12 bits per heavy atom. The van der Waals surface area contributed by atoms with Gasteiger partial charge in [-0.15, -0.1) is 0 Å². The molecule has 220 valence electrons. The number of H-pyrrole nitrogens is 1. The highest BCUT2D eigenvalue weighted by atomic mass is 32.2. The number of likely N-dealkylation sites (tertiary alicyclic amines) is 1. The lowest BCUT2D eigenvalue weighted by Crippen LogP contribution is -2.41. The number of oxazole rings is 1. The van der Waals surface area contributed by atoms with Crippen molar-refractivity contribution in [3.05, 3.63) is 64.1 Å². The fourth-order valence-corrected chi connectivity index (χ4v) is 5.63. The number of nitrogens with one attached hydrogen (secondary N) is 2. The van der Waals surface area contributed by atoms with E-state index in [1.165, 1.54) is 18.2 Å². The molecule has 2 N–H and O–H groups in total. The van der Waals surface area contributed by atoms with Crippen molar-refractivity contribution >= 4 is 33.1 Å². The highest BCUT2D eigenvalue weighted by Gasteiger charge is 2.52. The number of carbonyl (C=O) groups excluding carboxylic acids is 2. The smallest absolute Gasteiger partial charge is 0.439 e. The van der Waals surface area contributed by atoms with Gasteiger partial charge in [0.2, 0.25) is 11.8 Å². The van der Waals surface area contributed by atoms with Gasteiger partial charge < -0.3 is 23.6 Å². The van der Waals surface area contributed by atoms with Crippen LogP contribution >= 0.6 is 0 Å². The maximum atomic E-state index is 13.7. The summed E-state index contributed by atoms with van der Waals surface area (Å²) in [5, 5.41) is 3.09. The van der Waals surface area contributed by atoms with Crippen LogP contribution in [-0.2, 0) is 29.9 Å². The molecule has 1 saturated heterocycles. The first-order valence-corrected chi connectivity index (χ1v) is 14.4. The van der Waals surface area contributed by atoms with E-state index >= 15 is 0 Å². The first-order chi connectivity index (χ1) is 19.3. The van der Waals surface area contributed by atoms with Crippen molar-refractivity contribution in [2.75, 3.05) is 25.6 Å². The Morgan fingerprint density at radius 3 is 2.54 bits per heavy atom. The molecule has 1 unspecified atom stereocenters. The number of hydrogen-bond donors (Lipinski definition) is 2. The molecular weight excluding hydrogens is 571 g/mol. The van der Waals surface area contributed by atoms with Crippen molar-refractivity contribution in [2.45, 2.75) is 43.3 Å². The standard InChI is InChI=1S/C26H26F3N3O8S/c27-26(28,29)23(34)38-15-41(36,37)40-18-5-3-4-16(12-18)20(14-32-10-1-2-11-32)30-22(33)25(8-9-25)17-6-7-21-19(13-17)31-24(35)39-21/h3-7,12-13,20H,1-2,8-11,14-15H2,(H,30,33)(H,31,35). The minimum Gasteiger partial charge on any atom is -0.439 e. The number of alkyl halides is 3. The summed E-state index contributed by atoms with van der Waals surface area (Å²) in [5.74, 6) is -5.34. The van der Waals surface area contributed by atoms with Crippen molar-refractivity contribution < 1.29 is 44.5 Å². The first-order valence-electron chi connectivity index (χ1n) is 12.8. The van der Waals surface area contributed by atoms with E-state index in [0.29, 0.717) is 36.0 Å². The first kappa shape index (κ1) is 28.7. The van der Waals surface area contributed by atoms with E-state index in [0.717, 1.165) is 31.5 Å². The van der Waals surface area contributed by atoms with E-state index in [2.05, 4.69) is 19.9 Å². The third-order valence-corrected chi connectivity index (χ3v) is 8.00. The number of aromatic nitrogens is 1. The molecule has 5 rings (SSSR count). The summed E-state index contributed by atoms with van der Waals surface area (Å²) in [6, 6.07) is 10.3. The Hall–Kier alpha value is -3.85. The zero-order valence-electron chi connectivity index (χ0n) is 21.5. The van der Waals surface area contributed by atoms with Crippen LogP contribution in [0, 0.1) is 0 Å². The van der Waals surface area contributed by atoms with Gasteiger partial charge in [0.25, 0.3) is 0 Å². The number of carbonyl (C=O) groups is 2. The SMILES string of the molecule is O=C(OCS(=O)(=O)Oc1cccc(C(CN2CCCC2)NC(=O)C2(c3ccc4oc(=O)[nH]c4c3)CC2)c1)C(F)(F)F. The van der Waals surface area contributed by atoms with Gasteiger partial charge in [-0.3, -0.25) is 9.78 Å². The number of esters is 1. The number of nitrogens with zero attached hydrogens (tertiary/aromatic N) is 1. The second-order valence-electron chi connectivity index (χ2n) is 10.1. The molecule has 2 heterocycles. The van der Waals surface area contributed by atoms with Gasteiger partial charge in [0.15, 0.2) is 5.58 Å². The number of amides is 1. The summed E-state index contributed by atoms with van der Waals surface area (Å²) in [7, 11) is -4.72. The Morgan fingerprint density at radius 2 is 1.85 bits per heavy atom. The van der Waals surface area contributed by atoms with Crippen molar-refractivity contribution in [1.29, 1.82) is 0 Å². The Bertz CT molecular complexity index is 1620. The Balaban J connectivity index is 1.35. The predicted molar refractivity (Wildman–Crippen MR) is 137 cm³/mol. The highest BCUT2D eigenvalue weighted by molar-refractivity contribution is 7.86. The lowest BCUT2D eigenvalue weighted by atomic mass is 9.93. The van der Waals surface area contributed by atoms with Crippen LogP contribution in [0.2, 0.25) is 0 Å². The molecule has 0 radical (unpaired) electrons. The monoisotopic (exact) mass is 597 g/mol. The van der Waals surface area contributed by atoms with Gasteiger partial charge in [-0.1, -0.05) is 18.2 Å². The summed E-state index contributed by atoms with van der Waals surface area (Å²) in [6.07, 6.45) is -2.20. The average molecular weight is 598 g/mol. The maximum absolute atomic E-state index is 13.7. The molecule has 1 aromatic heterocycles. The molecule has 2 aromatic carbocycles. The number of ether oxygens (including phenoxy) is 1. The molecule has 3 aromatic rings. The van der Waals surface area contributed by atoms with Gasteiger partial charge >= 0.3 is 28.0 Å². The second kappa shape index (κ2) is 10.9. The Kier molecular flexibility index (Phi) is 7.59. The van der Waals surface area contributed by atoms with E-state index < -0.39 is 45.4 Å². The minimum absolute atomic E-state index is 0.221. The van der Waals surface area contributed by atoms with Gasteiger partial charge in [-0.25, -0.2) is 9.59 Å². The van der Waals surface area contributed by atoms with Gasteiger partial charge in [0, 0.05) is 6.54 Å². The zero-order chi connectivity index (χ0) is 29.4. The molecular formula is C26H26F3N3O8S. The van der Waals surface area contributed by atoms with Gasteiger partial charge in [-0.2, -0.15) is 21.6 Å². The van der Waals surface area contributed by atoms with Crippen LogP contribution in [0.15, 0.2) is 51.7 Å². The molecule has 1 aliphatic heterocycles. The summed E-state index contributed by atoms with van der Waals surface area (Å²) in [6.45, 7) is 2.06. The third-order valence-electron chi connectivity index (χ3n) is 7.15. The molecule has 0 spiro atoms. The molecule has 2 aliphatic rings. The maximum Gasteiger partial charge on any atom is 0.490 e. The Labute approximate surface area is 231 Å². The quantitative estimate of drug-likeness (QED) is 0.266. The van der Waals surface area contributed by atoms with Gasteiger partial charge in [0.05, 0.1) is 17.0 Å². The second-order valence-corrected chi connectivity index (χ2v) is 11.6. The highest BCUT2D eigenvalue weighted by Crippen LogP contribution is 2.49. The number of fused-ring (bicyclic) bond motifs is 1. The third kappa shape index (κ3) is 6.56. The fraction of sp³-hybridized carbons (Fsp3) is 0.423. The topological polar surface area (TPSA) is 148 Å². The predicted octanol–water partition coefficient (Wildman–Crippen LogP) is 2.88. The number of benzene rings is 2. The molecule has 2 fully saturated rings. The largest absolute Gasteiger partial charge is 0.490 e. The molecule has 0 bridgehead atoms. The molecule has 11 nitrogen and oxygen atoms in total. The number of aromatic amines is 1. The van der Waals surface area contributed by atoms with Crippen LogP contribution in [0.4, 0.5) is 13.2 Å².